The fraction of sp³-hybridized carbons (Fsp3) is 0.444. The van der Waals surface area contributed by atoms with E-state index in [2.05, 4.69) is 26.2 Å². The summed E-state index contributed by atoms with van der Waals surface area (Å²) in [6, 6.07) is 1.77. The minimum Gasteiger partial charge on any atom is -0.390 e. The minimum absolute atomic E-state index is 0.395. The Morgan fingerprint density at radius 1 is 1.60 bits per heavy atom. The van der Waals surface area contributed by atoms with E-state index < -0.39 is 19.1 Å². The van der Waals surface area contributed by atoms with Gasteiger partial charge in [-0.15, -0.1) is 0 Å². The topological polar surface area (TPSA) is 45.2 Å². The molecule has 0 fully saturated rings. The van der Waals surface area contributed by atoms with Crippen molar-refractivity contribution in [2.45, 2.75) is 12.8 Å². The van der Waals surface area contributed by atoms with Gasteiger partial charge in [0.1, 0.15) is 12.4 Å². The Balaban J connectivity index is 2.66. The minimum atomic E-state index is -3.12. The lowest BCUT2D eigenvalue weighted by Gasteiger charge is -2.15. The number of halogens is 3. The largest absolute Gasteiger partial charge is 0.390 e. The fourth-order valence-corrected chi connectivity index (χ4v) is 1.44. The number of hydrogen-bond acceptors (Lipinski definition) is 3. The molecule has 0 unspecified atom stereocenters. The number of aliphatic hydroxyl groups excluding tert-OH is 1. The van der Waals surface area contributed by atoms with Gasteiger partial charge in [-0.2, -0.15) is 0 Å². The molecule has 0 aromatic carbocycles. The van der Waals surface area contributed by atoms with Gasteiger partial charge in [0.25, 0.3) is 5.92 Å². The van der Waals surface area contributed by atoms with E-state index in [0.717, 1.165) is 10.0 Å². The summed E-state index contributed by atoms with van der Waals surface area (Å²) in [5.41, 5.74) is 0.762. The van der Waals surface area contributed by atoms with Crippen molar-refractivity contribution >= 4 is 21.7 Å². The number of aromatic nitrogens is 1. The van der Waals surface area contributed by atoms with Crippen molar-refractivity contribution in [2.75, 3.05) is 18.5 Å². The highest BCUT2D eigenvalue weighted by Crippen LogP contribution is 2.19. The number of rotatable bonds is 4. The molecular formula is C9H11BrF2N2O. The lowest BCUT2D eigenvalue weighted by Crippen LogP contribution is -2.31. The third kappa shape index (κ3) is 3.71. The zero-order valence-corrected chi connectivity index (χ0v) is 9.68. The standard InChI is InChI=1S/C9H11BrF2N2O/c1-6-2-7(10)3-13-8(6)14-4-9(11,12)5-15/h2-3,15H,4-5H2,1H3,(H,13,14). The highest BCUT2D eigenvalue weighted by molar-refractivity contribution is 9.10. The summed E-state index contributed by atoms with van der Waals surface area (Å²) < 4.78 is 26.2. The third-order valence-electron chi connectivity index (χ3n) is 1.79. The summed E-state index contributed by atoms with van der Waals surface area (Å²) in [4.78, 5) is 3.94. The zero-order chi connectivity index (χ0) is 11.5. The van der Waals surface area contributed by atoms with Crippen molar-refractivity contribution in [3.05, 3.63) is 22.3 Å². The molecule has 0 saturated heterocycles. The van der Waals surface area contributed by atoms with Gasteiger partial charge < -0.3 is 10.4 Å². The number of aliphatic hydroxyl groups is 1. The van der Waals surface area contributed by atoms with E-state index in [-0.39, 0.29) is 0 Å². The highest BCUT2D eigenvalue weighted by atomic mass is 79.9. The van der Waals surface area contributed by atoms with E-state index in [1.54, 1.807) is 13.0 Å². The second-order valence-corrected chi connectivity index (χ2v) is 4.10. The third-order valence-corrected chi connectivity index (χ3v) is 2.22. The van der Waals surface area contributed by atoms with Crippen LogP contribution >= 0.6 is 15.9 Å². The number of aryl methyl sites for hydroxylation is 1. The fourth-order valence-electron chi connectivity index (χ4n) is 0.994. The SMILES string of the molecule is Cc1cc(Br)cnc1NCC(F)(F)CO. The molecular weight excluding hydrogens is 270 g/mol. The van der Waals surface area contributed by atoms with Gasteiger partial charge >= 0.3 is 0 Å². The maximum Gasteiger partial charge on any atom is 0.287 e. The van der Waals surface area contributed by atoms with E-state index >= 15 is 0 Å². The summed E-state index contributed by atoms with van der Waals surface area (Å²) in [5.74, 6) is -2.73. The molecule has 1 heterocycles. The Bertz CT molecular complexity index is 347. The summed E-state index contributed by atoms with van der Waals surface area (Å²) in [6.07, 6.45) is 1.52. The molecule has 0 atom stereocenters. The number of anilines is 1. The first-order valence-corrected chi connectivity index (χ1v) is 5.08. The number of alkyl halides is 2. The summed E-state index contributed by atoms with van der Waals surface area (Å²) in [7, 11) is 0. The van der Waals surface area contributed by atoms with Gasteiger partial charge in [-0.3, -0.25) is 0 Å². The monoisotopic (exact) mass is 280 g/mol. The van der Waals surface area contributed by atoms with Crippen LogP contribution in [0.25, 0.3) is 0 Å². The van der Waals surface area contributed by atoms with Gasteiger partial charge in [-0.1, -0.05) is 0 Å². The van der Waals surface area contributed by atoms with Crippen LogP contribution in [0.3, 0.4) is 0 Å². The lowest BCUT2D eigenvalue weighted by molar-refractivity contribution is -0.0373. The average Bonchev–Trinajstić information content (AvgIpc) is 2.16. The van der Waals surface area contributed by atoms with Crippen LogP contribution in [0.1, 0.15) is 5.56 Å². The molecule has 15 heavy (non-hydrogen) atoms. The molecule has 0 aliphatic carbocycles. The van der Waals surface area contributed by atoms with E-state index in [1.165, 1.54) is 6.20 Å². The van der Waals surface area contributed by atoms with Gasteiger partial charge in [-0.05, 0) is 34.5 Å². The van der Waals surface area contributed by atoms with E-state index in [9.17, 15) is 8.78 Å². The first-order chi connectivity index (χ1) is 6.94. The molecule has 0 amide bonds. The van der Waals surface area contributed by atoms with E-state index in [0.29, 0.717) is 5.82 Å². The molecule has 84 valence electrons. The highest BCUT2D eigenvalue weighted by Gasteiger charge is 2.27. The molecule has 0 bridgehead atoms. The van der Waals surface area contributed by atoms with Crippen LogP contribution in [-0.4, -0.2) is 29.2 Å². The van der Waals surface area contributed by atoms with Crippen LogP contribution < -0.4 is 5.32 Å². The van der Waals surface area contributed by atoms with Crippen molar-refractivity contribution < 1.29 is 13.9 Å². The van der Waals surface area contributed by atoms with Crippen molar-refractivity contribution in [1.82, 2.24) is 4.98 Å². The van der Waals surface area contributed by atoms with Crippen molar-refractivity contribution in [3.63, 3.8) is 0 Å². The summed E-state index contributed by atoms with van der Waals surface area (Å²) in [6.45, 7) is -0.0360. The quantitative estimate of drug-likeness (QED) is 0.889. The maximum absolute atomic E-state index is 12.7. The normalized spacial score (nSPS) is 11.5. The van der Waals surface area contributed by atoms with Gasteiger partial charge in [-0.25, -0.2) is 13.8 Å². The Labute approximate surface area is 94.7 Å². The predicted molar refractivity (Wildman–Crippen MR) is 57.2 cm³/mol. The second-order valence-electron chi connectivity index (χ2n) is 3.19. The number of nitrogens with zero attached hydrogens (tertiary/aromatic N) is 1. The Hall–Kier alpha value is -0.750. The van der Waals surface area contributed by atoms with Crippen LogP contribution in [-0.2, 0) is 0 Å². The van der Waals surface area contributed by atoms with Crippen LogP contribution in [0, 0.1) is 6.92 Å². The molecule has 3 nitrogen and oxygen atoms in total. The van der Waals surface area contributed by atoms with E-state index in [4.69, 9.17) is 5.11 Å². The van der Waals surface area contributed by atoms with Crippen molar-refractivity contribution in [2.24, 2.45) is 0 Å². The van der Waals surface area contributed by atoms with Gasteiger partial charge in [0.05, 0.1) is 6.54 Å². The molecule has 0 aliphatic rings. The molecule has 0 radical (unpaired) electrons. The number of pyridine rings is 1. The predicted octanol–water partition coefficient (Wildman–Crippen LogP) is 2.19. The van der Waals surface area contributed by atoms with Gasteiger partial charge in [0.2, 0.25) is 0 Å². The van der Waals surface area contributed by atoms with Crippen LogP contribution in [0.4, 0.5) is 14.6 Å². The maximum atomic E-state index is 12.7. The molecule has 6 heteroatoms. The first kappa shape index (κ1) is 12.3. The summed E-state index contributed by atoms with van der Waals surface area (Å²) in [5, 5.41) is 10.9. The lowest BCUT2D eigenvalue weighted by atomic mass is 10.3. The summed E-state index contributed by atoms with van der Waals surface area (Å²) >= 11 is 3.22. The molecule has 1 rings (SSSR count). The first-order valence-electron chi connectivity index (χ1n) is 4.29. The van der Waals surface area contributed by atoms with E-state index in [1.807, 2.05) is 0 Å². The Morgan fingerprint density at radius 3 is 2.80 bits per heavy atom. The van der Waals surface area contributed by atoms with Crippen LogP contribution in [0.15, 0.2) is 16.7 Å². The Kier molecular flexibility index (Phi) is 3.98. The van der Waals surface area contributed by atoms with Crippen LogP contribution in [0.2, 0.25) is 0 Å². The second kappa shape index (κ2) is 4.85. The van der Waals surface area contributed by atoms with Crippen molar-refractivity contribution in [3.8, 4) is 0 Å². The molecule has 0 aliphatic heterocycles. The number of nitrogens with one attached hydrogen (secondary N) is 1. The smallest absolute Gasteiger partial charge is 0.287 e. The zero-order valence-electron chi connectivity index (χ0n) is 8.10. The van der Waals surface area contributed by atoms with Crippen molar-refractivity contribution in [1.29, 1.82) is 0 Å². The average molecular weight is 281 g/mol. The molecule has 1 aromatic rings. The number of hydrogen-bond donors (Lipinski definition) is 2. The molecule has 1 aromatic heterocycles. The molecule has 0 saturated carbocycles. The van der Waals surface area contributed by atoms with Crippen LogP contribution in [0.5, 0.6) is 0 Å². The molecule has 0 spiro atoms. The van der Waals surface area contributed by atoms with Gasteiger partial charge in [0, 0.05) is 10.7 Å². The van der Waals surface area contributed by atoms with Gasteiger partial charge in [0.15, 0.2) is 0 Å². The molecule has 2 N–H and O–H groups in total. The Morgan fingerprint density at radius 2 is 2.27 bits per heavy atom.